The van der Waals surface area contributed by atoms with Crippen LogP contribution in [0.4, 0.5) is 0 Å². The van der Waals surface area contributed by atoms with Crippen molar-refractivity contribution in [2.45, 2.75) is 51.4 Å². The van der Waals surface area contributed by atoms with E-state index in [1.54, 1.807) is 12.1 Å². The average molecular weight is 346 g/mol. The van der Waals surface area contributed by atoms with Crippen molar-refractivity contribution < 1.29 is 14.1 Å². The van der Waals surface area contributed by atoms with Crippen molar-refractivity contribution in [3.63, 3.8) is 0 Å². The maximum absolute atomic E-state index is 12.2. The van der Waals surface area contributed by atoms with Gasteiger partial charge in [0.1, 0.15) is 0 Å². The molecule has 0 N–H and O–H groups in total. The molecule has 1 aromatic carbocycles. The standard InChI is InChI=1S/C21H33N2O2/c1-23(2,3)17-13-9-7-5-4-6-8-12-16-22-20(24)18-14-10-11-15-19(18)21(22)25/h10-11,14-15H,4-9,12-13,16-17H2,1-3H3/q+1. The molecule has 1 aromatic rings. The second kappa shape index (κ2) is 9.14. The Bertz CT molecular complexity index is 555. The molecule has 4 nitrogen and oxygen atoms in total. The van der Waals surface area contributed by atoms with E-state index in [2.05, 4.69) is 21.1 Å². The molecule has 4 heteroatoms. The third-order valence-electron chi connectivity index (χ3n) is 4.84. The molecule has 0 aromatic heterocycles. The summed E-state index contributed by atoms with van der Waals surface area (Å²) in [5, 5.41) is 0. The normalized spacial score (nSPS) is 14.3. The number of hydrogen-bond donors (Lipinski definition) is 0. The van der Waals surface area contributed by atoms with Gasteiger partial charge in [-0.1, -0.05) is 44.2 Å². The van der Waals surface area contributed by atoms with Crippen LogP contribution >= 0.6 is 0 Å². The Morgan fingerprint density at radius 1 is 0.720 bits per heavy atom. The lowest BCUT2D eigenvalue weighted by Gasteiger charge is -2.23. The summed E-state index contributed by atoms with van der Waals surface area (Å²) in [4.78, 5) is 25.9. The molecule has 0 spiro atoms. The van der Waals surface area contributed by atoms with E-state index < -0.39 is 0 Å². The molecular formula is C21H33N2O2+. The highest BCUT2D eigenvalue weighted by molar-refractivity contribution is 6.21. The van der Waals surface area contributed by atoms with Crippen LogP contribution in [-0.4, -0.2) is 55.4 Å². The van der Waals surface area contributed by atoms with Crippen LogP contribution < -0.4 is 0 Å². The minimum absolute atomic E-state index is 0.127. The fourth-order valence-electron chi connectivity index (χ4n) is 3.36. The first kappa shape index (κ1) is 19.6. The second-order valence-electron chi connectivity index (χ2n) is 8.15. The SMILES string of the molecule is C[N+](C)(C)CCCCCCCCCCN1C(=O)c2ccccc2C1=O. The summed E-state index contributed by atoms with van der Waals surface area (Å²) in [5.74, 6) is -0.254. The number of unbranched alkanes of at least 4 members (excludes halogenated alkanes) is 7. The molecule has 25 heavy (non-hydrogen) atoms. The highest BCUT2D eigenvalue weighted by atomic mass is 16.2. The number of carbonyl (C=O) groups excluding carboxylic acids is 2. The van der Waals surface area contributed by atoms with Gasteiger partial charge in [0, 0.05) is 6.54 Å². The lowest BCUT2D eigenvalue weighted by Crippen LogP contribution is -2.35. The zero-order chi connectivity index (χ0) is 18.3. The molecule has 2 amide bonds. The van der Waals surface area contributed by atoms with Crippen LogP contribution in [0.1, 0.15) is 72.1 Å². The maximum atomic E-state index is 12.2. The van der Waals surface area contributed by atoms with Crippen LogP contribution in [-0.2, 0) is 0 Å². The topological polar surface area (TPSA) is 37.4 Å². The van der Waals surface area contributed by atoms with Gasteiger partial charge in [0.05, 0.1) is 38.8 Å². The van der Waals surface area contributed by atoms with E-state index in [1.807, 2.05) is 12.1 Å². The number of imide groups is 1. The minimum atomic E-state index is -0.127. The predicted molar refractivity (Wildman–Crippen MR) is 102 cm³/mol. The third kappa shape index (κ3) is 5.96. The Balaban J connectivity index is 1.53. The summed E-state index contributed by atoms with van der Waals surface area (Å²) in [6, 6.07) is 7.12. The second-order valence-corrected chi connectivity index (χ2v) is 8.15. The van der Waals surface area contributed by atoms with Gasteiger partial charge < -0.3 is 4.48 Å². The van der Waals surface area contributed by atoms with E-state index in [9.17, 15) is 9.59 Å². The van der Waals surface area contributed by atoms with Gasteiger partial charge in [-0.3, -0.25) is 14.5 Å². The van der Waals surface area contributed by atoms with Crippen LogP contribution in [0.3, 0.4) is 0 Å². The van der Waals surface area contributed by atoms with Crippen LogP contribution in [0.2, 0.25) is 0 Å². The number of nitrogens with zero attached hydrogens (tertiary/aromatic N) is 2. The molecule has 1 heterocycles. The Labute approximate surface area is 152 Å². The smallest absolute Gasteiger partial charge is 0.261 e. The number of fused-ring (bicyclic) bond motifs is 1. The molecule has 0 saturated heterocycles. The summed E-state index contributed by atoms with van der Waals surface area (Å²) in [6.07, 6.45) is 9.70. The number of hydrogen-bond acceptors (Lipinski definition) is 2. The van der Waals surface area contributed by atoms with E-state index in [4.69, 9.17) is 0 Å². The van der Waals surface area contributed by atoms with E-state index in [-0.39, 0.29) is 11.8 Å². The van der Waals surface area contributed by atoms with Crippen LogP contribution in [0, 0.1) is 0 Å². The Morgan fingerprint density at radius 3 is 1.64 bits per heavy atom. The molecule has 0 unspecified atom stereocenters. The fraction of sp³-hybridized carbons (Fsp3) is 0.619. The number of quaternary nitrogens is 1. The van der Waals surface area contributed by atoms with Gasteiger partial charge in [-0.05, 0) is 31.4 Å². The molecular weight excluding hydrogens is 312 g/mol. The monoisotopic (exact) mass is 345 g/mol. The Kier molecular flexibility index (Phi) is 7.18. The Morgan fingerprint density at radius 2 is 1.16 bits per heavy atom. The molecule has 138 valence electrons. The quantitative estimate of drug-likeness (QED) is 0.344. The van der Waals surface area contributed by atoms with Gasteiger partial charge in [0.25, 0.3) is 11.8 Å². The molecule has 0 radical (unpaired) electrons. The maximum Gasteiger partial charge on any atom is 0.261 e. The van der Waals surface area contributed by atoms with E-state index in [0.717, 1.165) is 17.3 Å². The molecule has 2 rings (SSSR count). The fourth-order valence-corrected chi connectivity index (χ4v) is 3.36. The van der Waals surface area contributed by atoms with Gasteiger partial charge >= 0.3 is 0 Å². The van der Waals surface area contributed by atoms with Gasteiger partial charge in [0.2, 0.25) is 0 Å². The number of rotatable bonds is 11. The van der Waals surface area contributed by atoms with Gasteiger partial charge in [-0.25, -0.2) is 0 Å². The van der Waals surface area contributed by atoms with Crippen molar-refractivity contribution in [2.75, 3.05) is 34.2 Å². The molecule has 0 fully saturated rings. The first-order valence-electron chi connectivity index (χ1n) is 9.66. The molecule has 1 aliphatic rings. The highest BCUT2D eigenvalue weighted by Crippen LogP contribution is 2.23. The average Bonchev–Trinajstić information content (AvgIpc) is 2.80. The van der Waals surface area contributed by atoms with Crippen molar-refractivity contribution in [3.8, 4) is 0 Å². The van der Waals surface area contributed by atoms with Crippen LogP contribution in [0.25, 0.3) is 0 Å². The zero-order valence-electron chi connectivity index (χ0n) is 16.1. The van der Waals surface area contributed by atoms with E-state index >= 15 is 0 Å². The molecule has 0 saturated carbocycles. The molecule has 1 aliphatic heterocycles. The summed E-state index contributed by atoms with van der Waals surface area (Å²) >= 11 is 0. The highest BCUT2D eigenvalue weighted by Gasteiger charge is 2.34. The van der Waals surface area contributed by atoms with Crippen molar-refractivity contribution in [2.24, 2.45) is 0 Å². The lowest BCUT2D eigenvalue weighted by molar-refractivity contribution is -0.870. The first-order valence-corrected chi connectivity index (χ1v) is 9.66. The van der Waals surface area contributed by atoms with Crippen molar-refractivity contribution in [3.05, 3.63) is 35.4 Å². The molecule has 0 atom stereocenters. The number of amides is 2. The third-order valence-corrected chi connectivity index (χ3v) is 4.84. The van der Waals surface area contributed by atoms with Gasteiger partial charge in [-0.15, -0.1) is 0 Å². The van der Waals surface area contributed by atoms with Crippen LogP contribution in [0.15, 0.2) is 24.3 Å². The van der Waals surface area contributed by atoms with E-state index in [1.165, 1.54) is 50.0 Å². The van der Waals surface area contributed by atoms with E-state index in [0.29, 0.717) is 17.7 Å². The lowest BCUT2D eigenvalue weighted by atomic mass is 10.1. The predicted octanol–water partition coefficient (Wildman–Crippen LogP) is 4.11. The van der Waals surface area contributed by atoms with Crippen molar-refractivity contribution in [1.29, 1.82) is 0 Å². The molecule has 0 bridgehead atoms. The molecule has 0 aliphatic carbocycles. The zero-order valence-corrected chi connectivity index (χ0v) is 16.1. The summed E-state index contributed by atoms with van der Waals surface area (Å²) in [7, 11) is 6.73. The van der Waals surface area contributed by atoms with Crippen LogP contribution in [0.5, 0.6) is 0 Å². The number of carbonyl (C=O) groups is 2. The summed E-state index contributed by atoms with van der Waals surface area (Å²) < 4.78 is 1.05. The summed E-state index contributed by atoms with van der Waals surface area (Å²) in [6.45, 7) is 1.80. The van der Waals surface area contributed by atoms with Crippen molar-refractivity contribution in [1.82, 2.24) is 4.90 Å². The number of benzene rings is 1. The summed E-state index contributed by atoms with van der Waals surface area (Å²) in [5.41, 5.74) is 1.11. The minimum Gasteiger partial charge on any atom is -0.331 e. The van der Waals surface area contributed by atoms with Gasteiger partial charge in [-0.2, -0.15) is 0 Å². The Hall–Kier alpha value is -1.68. The van der Waals surface area contributed by atoms with Crippen molar-refractivity contribution >= 4 is 11.8 Å². The van der Waals surface area contributed by atoms with Gasteiger partial charge in [0.15, 0.2) is 0 Å². The largest absolute Gasteiger partial charge is 0.331 e. The first-order chi connectivity index (χ1) is 11.9.